The molecule has 0 aliphatic rings. The van der Waals surface area contributed by atoms with Crippen LogP contribution in [0.3, 0.4) is 0 Å². The van der Waals surface area contributed by atoms with E-state index in [1.165, 1.54) is 0 Å². The van der Waals surface area contributed by atoms with Gasteiger partial charge in [-0.1, -0.05) is 38.3 Å². The Hall–Kier alpha value is -2.97. The number of carbonyl (C=O) groups excluding carboxylic acids is 1. The minimum absolute atomic E-state index is 0.182. The summed E-state index contributed by atoms with van der Waals surface area (Å²) < 4.78 is 26.9. The first-order valence-corrected chi connectivity index (χ1v) is 12.9. The van der Waals surface area contributed by atoms with Crippen LogP contribution >= 0.6 is 0 Å². The Kier molecular flexibility index (Phi) is 13.1. The van der Waals surface area contributed by atoms with Gasteiger partial charge in [0.1, 0.15) is 23.9 Å². The van der Waals surface area contributed by atoms with E-state index in [2.05, 4.69) is 26.1 Å². The molecule has 2 aromatic rings. The number of unbranched alkanes of at least 4 members (excludes halogenated alkanes) is 2. The predicted molar refractivity (Wildman–Crippen MR) is 147 cm³/mol. The lowest BCUT2D eigenvalue weighted by Crippen LogP contribution is -2.49. The van der Waals surface area contributed by atoms with Crippen molar-refractivity contribution in [2.24, 2.45) is 0 Å². The lowest BCUT2D eigenvalue weighted by Gasteiger charge is -2.39. The molecule has 0 unspecified atom stereocenters. The number of ether oxygens (including phenoxy) is 5. The Morgan fingerprint density at radius 2 is 1.59 bits per heavy atom. The number of carbonyl (C=O) groups is 1. The van der Waals surface area contributed by atoms with Gasteiger partial charge in [-0.25, -0.2) is 4.79 Å². The summed E-state index contributed by atoms with van der Waals surface area (Å²) in [6, 6.07) is 13.0. The fourth-order valence-corrected chi connectivity index (χ4v) is 3.92. The van der Waals surface area contributed by atoms with E-state index in [0.29, 0.717) is 50.2 Å². The van der Waals surface area contributed by atoms with E-state index in [9.17, 15) is 4.79 Å². The van der Waals surface area contributed by atoms with Crippen molar-refractivity contribution in [1.82, 2.24) is 4.90 Å². The summed E-state index contributed by atoms with van der Waals surface area (Å²) in [6.45, 7) is 8.97. The summed E-state index contributed by atoms with van der Waals surface area (Å²) in [5, 5.41) is 3.05. The number of amides is 2. The molecule has 0 aliphatic carbocycles. The van der Waals surface area contributed by atoms with Gasteiger partial charge in [0.2, 0.25) is 0 Å². The molecule has 0 aromatic heterocycles. The molecule has 0 bridgehead atoms. The summed E-state index contributed by atoms with van der Waals surface area (Å²) in [5.74, 6) is 1.97. The lowest BCUT2D eigenvalue weighted by molar-refractivity contribution is 0.0544. The van der Waals surface area contributed by atoms with Crippen LogP contribution in [0, 0.1) is 0 Å². The molecule has 2 rings (SSSR count). The van der Waals surface area contributed by atoms with Crippen molar-refractivity contribution in [3.05, 3.63) is 48.0 Å². The second-order valence-electron chi connectivity index (χ2n) is 9.45. The standard InChI is InChI=1S/C29H44N2O6/c1-7-8-9-16-29(2,3)31(28(32)30-26-15-14-25(34-5)21-27(26)35-6)22-23-10-12-24(13-11-23)37-20-19-36-18-17-33-4/h10-15,21H,7-9,16-20,22H2,1-6H3,(H,30,32). The molecular formula is C29H44N2O6. The summed E-state index contributed by atoms with van der Waals surface area (Å²) in [7, 11) is 4.82. The quantitative estimate of drug-likeness (QED) is 0.255. The maximum atomic E-state index is 13.6. The number of hydrogen-bond acceptors (Lipinski definition) is 6. The zero-order valence-corrected chi connectivity index (χ0v) is 23.3. The van der Waals surface area contributed by atoms with Crippen molar-refractivity contribution in [2.45, 2.75) is 58.5 Å². The Morgan fingerprint density at radius 1 is 0.892 bits per heavy atom. The van der Waals surface area contributed by atoms with E-state index in [-0.39, 0.29) is 11.6 Å². The van der Waals surface area contributed by atoms with E-state index < -0.39 is 0 Å². The maximum Gasteiger partial charge on any atom is 0.322 e. The lowest BCUT2D eigenvalue weighted by atomic mass is 9.94. The first-order valence-electron chi connectivity index (χ1n) is 12.9. The van der Waals surface area contributed by atoms with Crippen molar-refractivity contribution in [1.29, 1.82) is 0 Å². The molecule has 8 heteroatoms. The van der Waals surface area contributed by atoms with Crippen LogP contribution in [0.4, 0.5) is 10.5 Å². The molecule has 0 heterocycles. The van der Waals surface area contributed by atoms with Crippen molar-refractivity contribution in [3.63, 3.8) is 0 Å². The number of urea groups is 1. The first-order chi connectivity index (χ1) is 17.8. The molecule has 206 valence electrons. The van der Waals surface area contributed by atoms with Gasteiger partial charge in [0, 0.05) is 25.3 Å². The molecule has 0 spiro atoms. The van der Waals surface area contributed by atoms with Gasteiger partial charge in [-0.3, -0.25) is 0 Å². The van der Waals surface area contributed by atoms with Crippen LogP contribution in [-0.2, 0) is 16.0 Å². The van der Waals surface area contributed by atoms with E-state index >= 15 is 0 Å². The van der Waals surface area contributed by atoms with Crippen molar-refractivity contribution in [2.75, 3.05) is 53.1 Å². The van der Waals surface area contributed by atoms with Crippen LogP contribution in [-0.4, -0.2) is 64.2 Å². The average Bonchev–Trinajstić information content (AvgIpc) is 2.90. The fraction of sp³-hybridized carbons (Fsp3) is 0.552. The summed E-state index contributed by atoms with van der Waals surface area (Å²) in [4.78, 5) is 15.5. The van der Waals surface area contributed by atoms with Gasteiger partial charge in [0.05, 0.1) is 39.7 Å². The monoisotopic (exact) mass is 516 g/mol. The van der Waals surface area contributed by atoms with Crippen molar-refractivity contribution in [3.8, 4) is 17.2 Å². The molecule has 2 amide bonds. The normalized spacial score (nSPS) is 11.2. The second kappa shape index (κ2) is 16.0. The van der Waals surface area contributed by atoms with Crippen LogP contribution < -0.4 is 19.5 Å². The number of nitrogens with zero attached hydrogens (tertiary/aromatic N) is 1. The molecule has 8 nitrogen and oxygen atoms in total. The zero-order valence-electron chi connectivity index (χ0n) is 23.3. The minimum atomic E-state index is -0.353. The van der Waals surface area contributed by atoms with Crippen LogP contribution in [0.25, 0.3) is 0 Å². The van der Waals surface area contributed by atoms with E-state index in [1.807, 2.05) is 29.2 Å². The van der Waals surface area contributed by atoms with E-state index in [4.69, 9.17) is 23.7 Å². The van der Waals surface area contributed by atoms with Gasteiger partial charge in [-0.15, -0.1) is 0 Å². The van der Waals surface area contributed by atoms with Crippen LogP contribution in [0.2, 0.25) is 0 Å². The molecule has 0 saturated carbocycles. The summed E-state index contributed by atoms with van der Waals surface area (Å²) in [6.07, 6.45) is 4.22. The van der Waals surface area contributed by atoms with Gasteiger partial charge in [0.15, 0.2) is 0 Å². The molecule has 0 atom stereocenters. The third-order valence-corrected chi connectivity index (χ3v) is 6.21. The Balaban J connectivity index is 2.12. The average molecular weight is 517 g/mol. The molecule has 1 N–H and O–H groups in total. The smallest absolute Gasteiger partial charge is 0.322 e. The Labute approximate surface area is 222 Å². The van der Waals surface area contributed by atoms with Crippen LogP contribution in [0.15, 0.2) is 42.5 Å². The highest BCUT2D eigenvalue weighted by Crippen LogP contribution is 2.31. The topological polar surface area (TPSA) is 78.5 Å². The number of rotatable bonds is 17. The Bertz CT molecular complexity index is 932. The largest absolute Gasteiger partial charge is 0.497 e. The van der Waals surface area contributed by atoms with Crippen LogP contribution in [0.1, 0.15) is 52.0 Å². The zero-order chi connectivity index (χ0) is 27.1. The van der Waals surface area contributed by atoms with Gasteiger partial charge >= 0.3 is 6.03 Å². The van der Waals surface area contributed by atoms with Crippen LogP contribution in [0.5, 0.6) is 17.2 Å². The number of hydrogen-bond donors (Lipinski definition) is 1. The molecule has 0 aliphatic heterocycles. The second-order valence-corrected chi connectivity index (χ2v) is 9.45. The highest BCUT2D eigenvalue weighted by atomic mass is 16.5. The molecule has 37 heavy (non-hydrogen) atoms. The summed E-state index contributed by atoms with van der Waals surface area (Å²) in [5.41, 5.74) is 1.26. The van der Waals surface area contributed by atoms with Crippen molar-refractivity contribution >= 4 is 11.7 Å². The third-order valence-electron chi connectivity index (χ3n) is 6.21. The number of anilines is 1. The summed E-state index contributed by atoms with van der Waals surface area (Å²) >= 11 is 0. The van der Waals surface area contributed by atoms with Gasteiger partial charge in [0.25, 0.3) is 0 Å². The molecule has 0 saturated heterocycles. The first kappa shape index (κ1) is 30.3. The van der Waals surface area contributed by atoms with Crippen molar-refractivity contribution < 1.29 is 28.5 Å². The van der Waals surface area contributed by atoms with E-state index in [1.54, 1.807) is 39.5 Å². The highest BCUT2D eigenvalue weighted by molar-refractivity contribution is 5.91. The Morgan fingerprint density at radius 3 is 2.24 bits per heavy atom. The fourth-order valence-electron chi connectivity index (χ4n) is 3.92. The highest BCUT2D eigenvalue weighted by Gasteiger charge is 2.31. The SMILES string of the molecule is CCCCCC(C)(C)N(Cc1ccc(OCCOCCOC)cc1)C(=O)Nc1ccc(OC)cc1OC. The third kappa shape index (κ3) is 10.1. The molecule has 2 aromatic carbocycles. The van der Waals surface area contributed by atoms with E-state index in [0.717, 1.165) is 37.0 Å². The molecule has 0 fully saturated rings. The minimum Gasteiger partial charge on any atom is -0.497 e. The van der Waals surface area contributed by atoms with Gasteiger partial charge in [-0.2, -0.15) is 0 Å². The number of nitrogens with one attached hydrogen (secondary N) is 1. The van der Waals surface area contributed by atoms with Gasteiger partial charge < -0.3 is 33.9 Å². The maximum absolute atomic E-state index is 13.6. The molecule has 0 radical (unpaired) electrons. The molecular weight excluding hydrogens is 472 g/mol. The number of benzene rings is 2. The predicted octanol–water partition coefficient (Wildman–Crippen LogP) is 6.14. The number of methoxy groups -OCH3 is 3. The van der Waals surface area contributed by atoms with Gasteiger partial charge in [-0.05, 0) is 50.1 Å².